The highest BCUT2D eigenvalue weighted by Gasteiger charge is 2.38. The Labute approximate surface area is 108 Å². The molecule has 0 saturated carbocycles. The molecule has 1 unspecified atom stereocenters. The van der Waals surface area contributed by atoms with Crippen molar-refractivity contribution in [3.05, 3.63) is 0 Å². The lowest BCUT2D eigenvalue weighted by Gasteiger charge is -2.47. The summed E-state index contributed by atoms with van der Waals surface area (Å²) >= 11 is 0. The van der Waals surface area contributed by atoms with E-state index >= 15 is 0 Å². The lowest BCUT2D eigenvalue weighted by molar-refractivity contribution is -0.154. The fourth-order valence-corrected chi connectivity index (χ4v) is 3.05. The number of piperazine rings is 1. The van der Waals surface area contributed by atoms with E-state index in [9.17, 15) is 4.79 Å². The fourth-order valence-electron chi connectivity index (χ4n) is 3.05. The topological polar surface area (TPSA) is 44.8 Å². The molecule has 5 nitrogen and oxygen atoms in total. The minimum absolute atomic E-state index is 0.150. The SMILES string of the molecule is O=C(C1CCCCO1)N1CC(N2CCNCC2)C1. The van der Waals surface area contributed by atoms with Gasteiger partial charge in [-0.3, -0.25) is 9.69 Å². The van der Waals surface area contributed by atoms with Crippen LogP contribution in [0.5, 0.6) is 0 Å². The van der Waals surface area contributed by atoms with Crippen molar-refractivity contribution in [2.45, 2.75) is 31.4 Å². The van der Waals surface area contributed by atoms with Crippen LogP contribution in [-0.2, 0) is 9.53 Å². The number of nitrogens with one attached hydrogen (secondary N) is 1. The molecule has 18 heavy (non-hydrogen) atoms. The predicted molar refractivity (Wildman–Crippen MR) is 68.4 cm³/mol. The van der Waals surface area contributed by atoms with Crippen LogP contribution in [-0.4, -0.2) is 73.7 Å². The summed E-state index contributed by atoms with van der Waals surface area (Å²) in [5.41, 5.74) is 0. The van der Waals surface area contributed by atoms with Crippen molar-refractivity contribution in [2.75, 3.05) is 45.9 Å². The minimum Gasteiger partial charge on any atom is -0.368 e. The first-order valence-electron chi connectivity index (χ1n) is 7.20. The Bertz CT molecular complexity index is 293. The average molecular weight is 253 g/mol. The predicted octanol–water partition coefficient (Wildman–Crippen LogP) is -0.328. The Morgan fingerprint density at radius 1 is 1.17 bits per heavy atom. The van der Waals surface area contributed by atoms with Crippen LogP contribution in [0.2, 0.25) is 0 Å². The van der Waals surface area contributed by atoms with Gasteiger partial charge in [-0.15, -0.1) is 0 Å². The zero-order valence-corrected chi connectivity index (χ0v) is 10.9. The highest BCUT2D eigenvalue weighted by molar-refractivity contribution is 5.81. The lowest BCUT2D eigenvalue weighted by Crippen LogP contribution is -2.65. The summed E-state index contributed by atoms with van der Waals surface area (Å²) in [4.78, 5) is 16.7. The van der Waals surface area contributed by atoms with E-state index in [1.807, 2.05) is 4.90 Å². The monoisotopic (exact) mass is 253 g/mol. The van der Waals surface area contributed by atoms with Gasteiger partial charge in [0.2, 0.25) is 0 Å². The van der Waals surface area contributed by atoms with Crippen LogP contribution in [0.15, 0.2) is 0 Å². The Hall–Kier alpha value is -0.650. The number of carbonyl (C=O) groups is 1. The van der Waals surface area contributed by atoms with Gasteiger partial charge in [-0.05, 0) is 19.3 Å². The largest absolute Gasteiger partial charge is 0.368 e. The summed E-state index contributed by atoms with van der Waals surface area (Å²) in [6, 6.07) is 0.583. The standard InChI is InChI=1S/C13H23N3O2/c17-13(12-3-1-2-8-18-12)16-9-11(10-16)15-6-4-14-5-7-15/h11-12,14H,1-10H2. The summed E-state index contributed by atoms with van der Waals surface area (Å²) in [6.07, 6.45) is 2.99. The van der Waals surface area contributed by atoms with Crippen LogP contribution in [0.1, 0.15) is 19.3 Å². The number of nitrogens with zero attached hydrogens (tertiary/aromatic N) is 2. The maximum atomic E-state index is 12.2. The average Bonchev–Trinajstić information content (AvgIpc) is 2.39. The highest BCUT2D eigenvalue weighted by atomic mass is 16.5. The van der Waals surface area contributed by atoms with Crippen molar-refractivity contribution in [2.24, 2.45) is 0 Å². The van der Waals surface area contributed by atoms with E-state index < -0.39 is 0 Å². The summed E-state index contributed by atoms with van der Waals surface area (Å²) in [5, 5.41) is 3.36. The molecule has 0 aromatic carbocycles. The molecule has 0 radical (unpaired) electrons. The molecule has 102 valence electrons. The van der Waals surface area contributed by atoms with E-state index in [1.165, 1.54) is 0 Å². The van der Waals surface area contributed by atoms with Crippen molar-refractivity contribution in [1.82, 2.24) is 15.1 Å². The molecule has 3 heterocycles. The molecule has 3 rings (SSSR count). The van der Waals surface area contributed by atoms with E-state index in [2.05, 4.69) is 10.2 Å². The quantitative estimate of drug-likeness (QED) is 0.732. The highest BCUT2D eigenvalue weighted by Crippen LogP contribution is 2.21. The Kier molecular flexibility index (Phi) is 3.82. The summed E-state index contributed by atoms with van der Waals surface area (Å²) < 4.78 is 5.56. The van der Waals surface area contributed by atoms with Crippen LogP contribution in [0.4, 0.5) is 0 Å². The molecule has 5 heteroatoms. The van der Waals surface area contributed by atoms with Crippen molar-refractivity contribution >= 4 is 5.91 Å². The Morgan fingerprint density at radius 3 is 2.61 bits per heavy atom. The molecule has 1 atom stereocenters. The first-order valence-corrected chi connectivity index (χ1v) is 7.20. The van der Waals surface area contributed by atoms with E-state index in [0.717, 1.165) is 65.1 Å². The molecule has 0 bridgehead atoms. The Balaban J connectivity index is 1.44. The van der Waals surface area contributed by atoms with E-state index in [4.69, 9.17) is 4.74 Å². The number of ether oxygens (including phenoxy) is 1. The molecule has 0 aromatic rings. The van der Waals surface area contributed by atoms with Gasteiger partial charge >= 0.3 is 0 Å². The minimum atomic E-state index is -0.150. The third-order valence-corrected chi connectivity index (χ3v) is 4.30. The zero-order chi connectivity index (χ0) is 12.4. The van der Waals surface area contributed by atoms with E-state index in [0.29, 0.717) is 6.04 Å². The van der Waals surface area contributed by atoms with Crippen molar-refractivity contribution in [1.29, 1.82) is 0 Å². The normalized spacial score (nSPS) is 31.1. The first kappa shape index (κ1) is 12.4. The number of hydrogen-bond donors (Lipinski definition) is 1. The van der Waals surface area contributed by atoms with Crippen molar-refractivity contribution in [3.63, 3.8) is 0 Å². The third kappa shape index (κ3) is 2.53. The lowest BCUT2D eigenvalue weighted by atomic mass is 10.0. The Morgan fingerprint density at radius 2 is 1.94 bits per heavy atom. The number of hydrogen-bond acceptors (Lipinski definition) is 4. The summed E-state index contributed by atoms with van der Waals surface area (Å²) in [7, 11) is 0. The molecular weight excluding hydrogens is 230 g/mol. The smallest absolute Gasteiger partial charge is 0.251 e. The van der Waals surface area contributed by atoms with Gasteiger partial charge in [-0.2, -0.15) is 0 Å². The second-order valence-electron chi connectivity index (χ2n) is 5.54. The number of carbonyl (C=O) groups excluding carboxylic acids is 1. The third-order valence-electron chi connectivity index (χ3n) is 4.30. The van der Waals surface area contributed by atoms with Gasteiger partial charge in [0.1, 0.15) is 6.10 Å². The van der Waals surface area contributed by atoms with E-state index in [-0.39, 0.29) is 12.0 Å². The summed E-state index contributed by atoms with van der Waals surface area (Å²) in [6.45, 7) is 6.95. The van der Waals surface area contributed by atoms with Gasteiger partial charge in [-0.25, -0.2) is 0 Å². The molecule has 1 N–H and O–H groups in total. The molecule has 1 amide bonds. The number of likely N-dealkylation sites (tertiary alicyclic amines) is 1. The molecule has 0 aromatic heterocycles. The zero-order valence-electron chi connectivity index (χ0n) is 10.9. The van der Waals surface area contributed by atoms with Gasteiger partial charge in [0.25, 0.3) is 5.91 Å². The van der Waals surface area contributed by atoms with Crippen LogP contribution < -0.4 is 5.32 Å². The van der Waals surface area contributed by atoms with Gasteiger partial charge in [0.15, 0.2) is 0 Å². The van der Waals surface area contributed by atoms with Gasteiger partial charge < -0.3 is 15.0 Å². The van der Waals surface area contributed by atoms with Gasteiger partial charge in [0, 0.05) is 51.9 Å². The maximum Gasteiger partial charge on any atom is 0.251 e. The maximum absolute atomic E-state index is 12.2. The molecule has 3 aliphatic rings. The first-order chi connectivity index (χ1) is 8.84. The number of amides is 1. The summed E-state index contributed by atoms with van der Waals surface area (Å²) in [5.74, 6) is 0.223. The molecule has 3 saturated heterocycles. The van der Waals surface area contributed by atoms with Crippen molar-refractivity contribution < 1.29 is 9.53 Å². The molecule has 3 aliphatic heterocycles. The van der Waals surface area contributed by atoms with E-state index in [1.54, 1.807) is 0 Å². The second-order valence-corrected chi connectivity index (χ2v) is 5.54. The molecular formula is C13H23N3O2. The number of rotatable bonds is 2. The molecule has 0 aliphatic carbocycles. The fraction of sp³-hybridized carbons (Fsp3) is 0.923. The van der Waals surface area contributed by atoms with Crippen LogP contribution in [0.3, 0.4) is 0 Å². The molecule has 0 spiro atoms. The van der Waals surface area contributed by atoms with Crippen LogP contribution in [0.25, 0.3) is 0 Å². The van der Waals surface area contributed by atoms with Crippen LogP contribution in [0, 0.1) is 0 Å². The van der Waals surface area contributed by atoms with Gasteiger partial charge in [0.05, 0.1) is 0 Å². The second kappa shape index (κ2) is 5.55. The van der Waals surface area contributed by atoms with Crippen molar-refractivity contribution in [3.8, 4) is 0 Å². The molecule has 3 fully saturated rings. The van der Waals surface area contributed by atoms with Crippen LogP contribution >= 0.6 is 0 Å². The van der Waals surface area contributed by atoms with Gasteiger partial charge in [-0.1, -0.05) is 0 Å².